The molecule has 3 nitrogen and oxygen atoms in total. The highest BCUT2D eigenvalue weighted by Crippen LogP contribution is 2.40. The Morgan fingerprint density at radius 3 is 2.67 bits per heavy atom. The van der Waals surface area contributed by atoms with Crippen molar-refractivity contribution in [3.05, 3.63) is 35.4 Å². The van der Waals surface area contributed by atoms with Crippen LogP contribution in [-0.4, -0.2) is 28.1 Å². The second-order valence-corrected chi connectivity index (χ2v) is 6.49. The Labute approximate surface area is 125 Å². The van der Waals surface area contributed by atoms with Gasteiger partial charge in [-0.2, -0.15) is 0 Å². The lowest BCUT2D eigenvalue weighted by Gasteiger charge is -2.27. The molecule has 0 atom stereocenters. The first-order chi connectivity index (χ1) is 10.3. The first-order valence-corrected chi connectivity index (χ1v) is 8.15. The summed E-state index contributed by atoms with van der Waals surface area (Å²) in [6.45, 7) is 3.28. The number of aromatic nitrogens is 1. The van der Waals surface area contributed by atoms with Crippen molar-refractivity contribution >= 4 is 10.9 Å². The minimum absolute atomic E-state index is 0.170. The summed E-state index contributed by atoms with van der Waals surface area (Å²) in [5, 5.41) is 11.3. The van der Waals surface area contributed by atoms with Crippen LogP contribution in [-0.2, 0) is 6.54 Å². The standard InChI is InChI=1S/C18H22N2O/c21-17-11-14(12-20-9-1-2-10-20)16-8-4-7-15(18(16)19-17)13-5-3-6-13/h4,7-8,11,13H,1-3,5-6,9-10,12H2,(H,19,21). The van der Waals surface area contributed by atoms with Crippen LogP contribution in [0.5, 0.6) is 5.88 Å². The SMILES string of the molecule is Oc1cc(CN2CCCC2)c2cccc(C3CCC3)c2n1. The van der Waals surface area contributed by atoms with E-state index >= 15 is 0 Å². The molecule has 0 amide bonds. The first-order valence-electron chi connectivity index (χ1n) is 8.15. The lowest BCUT2D eigenvalue weighted by atomic mass is 9.79. The Morgan fingerprint density at radius 1 is 1.14 bits per heavy atom. The van der Waals surface area contributed by atoms with Gasteiger partial charge in [0, 0.05) is 18.0 Å². The fourth-order valence-corrected chi connectivity index (χ4v) is 3.69. The number of likely N-dealkylation sites (tertiary alicyclic amines) is 1. The Bertz CT molecular complexity index is 658. The largest absolute Gasteiger partial charge is 0.493 e. The highest BCUT2D eigenvalue weighted by molar-refractivity contribution is 5.86. The Balaban J connectivity index is 1.78. The summed E-state index contributed by atoms with van der Waals surface area (Å²) in [7, 11) is 0. The summed E-state index contributed by atoms with van der Waals surface area (Å²) in [5.74, 6) is 0.811. The molecule has 1 aliphatic carbocycles. The van der Waals surface area contributed by atoms with Crippen molar-refractivity contribution in [1.82, 2.24) is 9.88 Å². The van der Waals surface area contributed by atoms with Gasteiger partial charge in [-0.05, 0) is 55.8 Å². The number of aromatic hydroxyl groups is 1. The maximum Gasteiger partial charge on any atom is 0.211 e. The predicted molar refractivity (Wildman–Crippen MR) is 84.5 cm³/mol. The number of nitrogens with zero attached hydrogens (tertiary/aromatic N) is 2. The molecule has 4 rings (SSSR count). The predicted octanol–water partition coefficient (Wildman–Crippen LogP) is 3.80. The fourth-order valence-electron chi connectivity index (χ4n) is 3.69. The van der Waals surface area contributed by atoms with Crippen LogP contribution in [0, 0.1) is 0 Å². The molecule has 0 unspecified atom stereocenters. The zero-order chi connectivity index (χ0) is 14.2. The highest BCUT2D eigenvalue weighted by atomic mass is 16.3. The van der Waals surface area contributed by atoms with Crippen molar-refractivity contribution in [3.63, 3.8) is 0 Å². The Morgan fingerprint density at radius 2 is 1.95 bits per heavy atom. The third kappa shape index (κ3) is 2.40. The number of pyridine rings is 1. The van der Waals surface area contributed by atoms with E-state index in [1.54, 1.807) is 0 Å². The van der Waals surface area contributed by atoms with E-state index < -0.39 is 0 Å². The van der Waals surface area contributed by atoms with E-state index in [1.807, 2.05) is 6.07 Å². The third-order valence-electron chi connectivity index (χ3n) is 5.08. The number of benzene rings is 1. The lowest BCUT2D eigenvalue weighted by molar-refractivity contribution is 0.331. The van der Waals surface area contributed by atoms with Crippen molar-refractivity contribution in [2.24, 2.45) is 0 Å². The van der Waals surface area contributed by atoms with Crippen LogP contribution in [0.4, 0.5) is 0 Å². The van der Waals surface area contributed by atoms with Gasteiger partial charge >= 0.3 is 0 Å². The summed E-state index contributed by atoms with van der Waals surface area (Å²) < 4.78 is 0. The number of hydrogen-bond acceptors (Lipinski definition) is 3. The van der Waals surface area contributed by atoms with Gasteiger partial charge in [0.2, 0.25) is 5.88 Å². The van der Waals surface area contributed by atoms with Crippen LogP contribution in [0.3, 0.4) is 0 Å². The second kappa shape index (κ2) is 5.30. The highest BCUT2D eigenvalue weighted by Gasteiger charge is 2.23. The summed E-state index contributed by atoms with van der Waals surface area (Å²) in [5.41, 5.74) is 3.58. The van der Waals surface area contributed by atoms with Gasteiger partial charge in [0.15, 0.2) is 0 Å². The molecule has 1 N–H and O–H groups in total. The van der Waals surface area contributed by atoms with E-state index in [0.717, 1.165) is 12.1 Å². The summed E-state index contributed by atoms with van der Waals surface area (Å²) in [4.78, 5) is 6.93. The van der Waals surface area contributed by atoms with Crippen LogP contribution in [0.15, 0.2) is 24.3 Å². The summed E-state index contributed by atoms with van der Waals surface area (Å²) in [6.07, 6.45) is 6.43. The fraction of sp³-hybridized carbons (Fsp3) is 0.500. The van der Waals surface area contributed by atoms with Crippen LogP contribution in [0.25, 0.3) is 10.9 Å². The number of para-hydroxylation sites is 1. The van der Waals surface area contributed by atoms with E-state index in [4.69, 9.17) is 0 Å². The minimum Gasteiger partial charge on any atom is -0.493 e. The first kappa shape index (κ1) is 13.1. The van der Waals surface area contributed by atoms with Crippen LogP contribution < -0.4 is 0 Å². The van der Waals surface area contributed by atoms with Crippen LogP contribution in [0.2, 0.25) is 0 Å². The average Bonchev–Trinajstić information content (AvgIpc) is 2.90. The normalized spacial score (nSPS) is 20.0. The van der Waals surface area contributed by atoms with Gasteiger partial charge in [0.25, 0.3) is 0 Å². The number of rotatable bonds is 3. The van der Waals surface area contributed by atoms with Crippen molar-refractivity contribution in [3.8, 4) is 5.88 Å². The number of fused-ring (bicyclic) bond motifs is 1. The van der Waals surface area contributed by atoms with Crippen molar-refractivity contribution in [2.75, 3.05) is 13.1 Å². The molecule has 1 aromatic carbocycles. The van der Waals surface area contributed by atoms with Gasteiger partial charge in [-0.15, -0.1) is 0 Å². The molecule has 1 aliphatic heterocycles. The van der Waals surface area contributed by atoms with Crippen molar-refractivity contribution in [2.45, 2.75) is 44.6 Å². The Kier molecular flexibility index (Phi) is 3.30. The van der Waals surface area contributed by atoms with Crippen LogP contribution >= 0.6 is 0 Å². The molecule has 2 heterocycles. The van der Waals surface area contributed by atoms with E-state index in [0.29, 0.717) is 5.92 Å². The van der Waals surface area contributed by atoms with E-state index in [1.165, 1.54) is 61.7 Å². The molecular weight excluding hydrogens is 260 g/mol. The number of hydrogen-bond donors (Lipinski definition) is 1. The molecule has 1 saturated carbocycles. The molecule has 1 saturated heterocycles. The Hall–Kier alpha value is -1.61. The molecule has 2 aliphatic rings. The molecule has 21 heavy (non-hydrogen) atoms. The second-order valence-electron chi connectivity index (χ2n) is 6.49. The molecule has 2 fully saturated rings. The molecule has 1 aromatic heterocycles. The van der Waals surface area contributed by atoms with Crippen molar-refractivity contribution < 1.29 is 5.11 Å². The maximum atomic E-state index is 10.1. The maximum absolute atomic E-state index is 10.1. The van der Waals surface area contributed by atoms with Crippen molar-refractivity contribution in [1.29, 1.82) is 0 Å². The van der Waals surface area contributed by atoms with Gasteiger partial charge in [-0.1, -0.05) is 24.6 Å². The summed E-state index contributed by atoms with van der Waals surface area (Å²) >= 11 is 0. The van der Waals surface area contributed by atoms with E-state index in [9.17, 15) is 5.11 Å². The zero-order valence-corrected chi connectivity index (χ0v) is 12.4. The van der Waals surface area contributed by atoms with Gasteiger partial charge in [-0.25, -0.2) is 4.98 Å². The van der Waals surface area contributed by atoms with Gasteiger partial charge < -0.3 is 5.11 Å². The van der Waals surface area contributed by atoms with E-state index in [-0.39, 0.29) is 5.88 Å². The molecule has 3 heteroatoms. The molecule has 110 valence electrons. The van der Waals surface area contributed by atoms with Crippen LogP contribution in [0.1, 0.15) is 49.1 Å². The molecule has 0 spiro atoms. The third-order valence-corrected chi connectivity index (χ3v) is 5.08. The monoisotopic (exact) mass is 282 g/mol. The summed E-state index contributed by atoms with van der Waals surface area (Å²) in [6, 6.07) is 8.36. The molecule has 0 bridgehead atoms. The van der Waals surface area contributed by atoms with Gasteiger partial charge in [0.1, 0.15) is 0 Å². The molecule has 0 radical (unpaired) electrons. The van der Waals surface area contributed by atoms with Gasteiger partial charge in [0.05, 0.1) is 5.52 Å². The quantitative estimate of drug-likeness (QED) is 0.930. The average molecular weight is 282 g/mol. The minimum atomic E-state index is 0.170. The molecular formula is C18H22N2O. The molecule has 2 aromatic rings. The topological polar surface area (TPSA) is 36.4 Å². The zero-order valence-electron chi connectivity index (χ0n) is 12.4. The lowest BCUT2D eigenvalue weighted by Crippen LogP contribution is -2.18. The van der Waals surface area contributed by atoms with Gasteiger partial charge in [-0.3, -0.25) is 4.90 Å². The smallest absolute Gasteiger partial charge is 0.211 e. The van der Waals surface area contributed by atoms with E-state index in [2.05, 4.69) is 28.1 Å².